The van der Waals surface area contributed by atoms with Gasteiger partial charge in [0.15, 0.2) is 0 Å². The number of aryl methyl sites for hydroxylation is 1. The zero-order chi connectivity index (χ0) is 13.3. The summed E-state index contributed by atoms with van der Waals surface area (Å²) in [7, 11) is 0. The Kier molecular flexibility index (Phi) is 3.01. The Balaban J connectivity index is 2.41. The van der Waals surface area contributed by atoms with Crippen LogP contribution in [0, 0.1) is 6.92 Å². The summed E-state index contributed by atoms with van der Waals surface area (Å²) in [6.07, 6.45) is 0. The molecule has 2 rings (SSSR count). The molecule has 94 valence electrons. The number of carboxylic acids is 1. The van der Waals surface area contributed by atoms with Gasteiger partial charge in [-0.3, -0.25) is 14.9 Å². The molecule has 6 heteroatoms. The maximum atomic E-state index is 11.3. The second-order valence-electron chi connectivity index (χ2n) is 4.15. The molecule has 18 heavy (non-hydrogen) atoms. The van der Waals surface area contributed by atoms with Crippen molar-refractivity contribution in [2.24, 2.45) is 0 Å². The van der Waals surface area contributed by atoms with Gasteiger partial charge in [-0.15, -0.1) is 0 Å². The van der Waals surface area contributed by atoms with Gasteiger partial charge in [0.25, 0.3) is 0 Å². The van der Waals surface area contributed by atoms with E-state index in [-0.39, 0.29) is 18.7 Å². The quantitative estimate of drug-likeness (QED) is 0.728. The average Bonchev–Trinajstić information content (AvgIpc) is 2.27. The number of imide groups is 1. The van der Waals surface area contributed by atoms with Gasteiger partial charge in [0.2, 0.25) is 11.8 Å². The molecule has 1 aliphatic heterocycles. The van der Waals surface area contributed by atoms with E-state index in [1.807, 2.05) is 0 Å². The first-order valence-corrected chi connectivity index (χ1v) is 5.39. The highest BCUT2D eigenvalue weighted by molar-refractivity contribution is 6.04. The van der Waals surface area contributed by atoms with Gasteiger partial charge in [-0.2, -0.15) is 0 Å². The van der Waals surface area contributed by atoms with Gasteiger partial charge < -0.3 is 10.0 Å². The molecule has 1 saturated heterocycles. The Morgan fingerprint density at radius 1 is 1.28 bits per heavy atom. The summed E-state index contributed by atoms with van der Waals surface area (Å²) in [6.45, 7) is 1.74. The van der Waals surface area contributed by atoms with E-state index in [1.54, 1.807) is 19.1 Å². The van der Waals surface area contributed by atoms with Gasteiger partial charge in [-0.25, -0.2) is 4.79 Å². The minimum Gasteiger partial charge on any atom is -0.478 e. The van der Waals surface area contributed by atoms with Gasteiger partial charge in [0.1, 0.15) is 0 Å². The molecule has 0 radical (unpaired) electrons. The number of benzene rings is 1. The predicted octanol–water partition coefficient (Wildman–Crippen LogP) is 0.156. The number of carboxylic acid groups (broad SMARTS) is 1. The van der Waals surface area contributed by atoms with Crippen molar-refractivity contribution in [1.29, 1.82) is 0 Å². The van der Waals surface area contributed by atoms with Crippen molar-refractivity contribution in [3.05, 3.63) is 29.3 Å². The molecule has 6 nitrogen and oxygen atoms in total. The fourth-order valence-electron chi connectivity index (χ4n) is 1.90. The third-order valence-corrected chi connectivity index (χ3v) is 2.67. The number of nitrogens with zero attached hydrogens (tertiary/aromatic N) is 1. The lowest BCUT2D eigenvalue weighted by Crippen LogP contribution is -2.51. The smallest absolute Gasteiger partial charge is 0.337 e. The molecule has 0 aromatic heterocycles. The topological polar surface area (TPSA) is 86.7 Å². The monoisotopic (exact) mass is 248 g/mol. The SMILES string of the molecule is Cc1ccc(N2CC(=O)NC(=O)C2)c(C(=O)O)c1. The van der Waals surface area contributed by atoms with Gasteiger partial charge in [-0.05, 0) is 19.1 Å². The van der Waals surface area contributed by atoms with Crippen LogP contribution in [0.5, 0.6) is 0 Å². The summed E-state index contributed by atoms with van der Waals surface area (Å²) in [4.78, 5) is 35.2. The molecule has 1 fully saturated rings. The first kappa shape index (κ1) is 12.1. The Labute approximate surface area is 103 Å². The highest BCUT2D eigenvalue weighted by Crippen LogP contribution is 2.22. The predicted molar refractivity (Wildman–Crippen MR) is 63.5 cm³/mol. The van der Waals surface area contributed by atoms with Crippen LogP contribution in [-0.2, 0) is 9.59 Å². The van der Waals surface area contributed by atoms with E-state index in [1.165, 1.54) is 11.0 Å². The molecule has 0 unspecified atom stereocenters. The fraction of sp³-hybridized carbons (Fsp3) is 0.250. The fourth-order valence-corrected chi connectivity index (χ4v) is 1.90. The molecule has 0 spiro atoms. The van der Waals surface area contributed by atoms with E-state index in [9.17, 15) is 14.4 Å². The summed E-state index contributed by atoms with van der Waals surface area (Å²) in [5, 5.41) is 11.3. The number of rotatable bonds is 2. The molecule has 1 aliphatic rings. The van der Waals surface area contributed by atoms with Crippen LogP contribution in [0.25, 0.3) is 0 Å². The maximum absolute atomic E-state index is 11.3. The normalized spacial score (nSPS) is 15.5. The van der Waals surface area contributed by atoms with Crippen LogP contribution < -0.4 is 10.2 Å². The Hall–Kier alpha value is -2.37. The van der Waals surface area contributed by atoms with Crippen LogP contribution in [0.15, 0.2) is 18.2 Å². The molecule has 1 aromatic carbocycles. The second kappa shape index (κ2) is 4.48. The lowest BCUT2D eigenvalue weighted by atomic mass is 10.1. The zero-order valence-corrected chi connectivity index (χ0v) is 9.77. The molecule has 0 atom stereocenters. The number of piperazine rings is 1. The van der Waals surface area contributed by atoms with E-state index in [0.717, 1.165) is 5.56 Å². The Morgan fingerprint density at radius 3 is 2.44 bits per heavy atom. The minimum absolute atomic E-state index is 0.0188. The highest BCUT2D eigenvalue weighted by Gasteiger charge is 2.25. The third kappa shape index (κ3) is 2.32. The van der Waals surface area contributed by atoms with Crippen molar-refractivity contribution in [3.8, 4) is 0 Å². The number of carbonyl (C=O) groups excluding carboxylic acids is 2. The largest absolute Gasteiger partial charge is 0.478 e. The minimum atomic E-state index is -1.08. The second-order valence-corrected chi connectivity index (χ2v) is 4.15. The van der Waals surface area contributed by atoms with Gasteiger partial charge >= 0.3 is 5.97 Å². The van der Waals surface area contributed by atoms with Crippen molar-refractivity contribution in [2.45, 2.75) is 6.92 Å². The Bertz CT molecular complexity index is 523. The number of aromatic carboxylic acids is 1. The lowest BCUT2D eigenvalue weighted by Gasteiger charge is -2.28. The number of nitrogens with one attached hydrogen (secondary N) is 1. The van der Waals surface area contributed by atoms with Crippen molar-refractivity contribution >= 4 is 23.5 Å². The summed E-state index contributed by atoms with van der Waals surface area (Å²) in [5.74, 6) is -1.93. The standard InChI is InChI=1S/C12H12N2O4/c1-7-2-3-9(8(4-7)12(17)18)14-5-10(15)13-11(16)6-14/h2-4H,5-6H2,1H3,(H,17,18)(H,13,15,16). The van der Waals surface area contributed by atoms with E-state index < -0.39 is 17.8 Å². The molecule has 0 saturated carbocycles. The van der Waals surface area contributed by atoms with E-state index in [2.05, 4.69) is 5.32 Å². The summed E-state index contributed by atoms with van der Waals surface area (Å²) < 4.78 is 0. The van der Waals surface area contributed by atoms with Crippen LogP contribution >= 0.6 is 0 Å². The van der Waals surface area contributed by atoms with Crippen molar-refractivity contribution in [2.75, 3.05) is 18.0 Å². The summed E-state index contributed by atoms with van der Waals surface area (Å²) in [6, 6.07) is 4.89. The highest BCUT2D eigenvalue weighted by atomic mass is 16.4. The Morgan fingerprint density at radius 2 is 1.89 bits per heavy atom. The van der Waals surface area contributed by atoms with Crippen molar-refractivity contribution < 1.29 is 19.5 Å². The van der Waals surface area contributed by atoms with Crippen LogP contribution in [0.1, 0.15) is 15.9 Å². The van der Waals surface area contributed by atoms with Crippen LogP contribution in [0.4, 0.5) is 5.69 Å². The lowest BCUT2D eigenvalue weighted by molar-refractivity contribution is -0.130. The molecule has 0 bridgehead atoms. The van der Waals surface area contributed by atoms with Crippen LogP contribution in [0.2, 0.25) is 0 Å². The van der Waals surface area contributed by atoms with Gasteiger partial charge in [0.05, 0.1) is 24.3 Å². The van der Waals surface area contributed by atoms with E-state index in [0.29, 0.717) is 5.69 Å². The third-order valence-electron chi connectivity index (χ3n) is 2.67. The zero-order valence-electron chi connectivity index (χ0n) is 9.77. The molecule has 2 N–H and O–H groups in total. The van der Waals surface area contributed by atoms with E-state index in [4.69, 9.17) is 5.11 Å². The molecular formula is C12H12N2O4. The summed E-state index contributed by atoms with van der Waals surface area (Å²) >= 11 is 0. The first-order valence-electron chi connectivity index (χ1n) is 5.39. The van der Waals surface area contributed by atoms with Crippen LogP contribution in [-0.4, -0.2) is 36.0 Å². The molecule has 2 amide bonds. The molecule has 1 aromatic rings. The molecule has 0 aliphatic carbocycles. The number of anilines is 1. The molecular weight excluding hydrogens is 236 g/mol. The summed E-state index contributed by atoms with van der Waals surface area (Å²) in [5.41, 5.74) is 1.29. The van der Waals surface area contributed by atoms with E-state index >= 15 is 0 Å². The number of hydrogen-bond acceptors (Lipinski definition) is 4. The van der Waals surface area contributed by atoms with Crippen molar-refractivity contribution in [1.82, 2.24) is 5.32 Å². The van der Waals surface area contributed by atoms with Crippen LogP contribution in [0.3, 0.4) is 0 Å². The van der Waals surface area contributed by atoms with Crippen molar-refractivity contribution in [3.63, 3.8) is 0 Å². The number of amides is 2. The first-order chi connectivity index (χ1) is 8.47. The number of hydrogen-bond donors (Lipinski definition) is 2. The van der Waals surface area contributed by atoms with Gasteiger partial charge in [-0.1, -0.05) is 11.6 Å². The van der Waals surface area contributed by atoms with Gasteiger partial charge in [0, 0.05) is 0 Å². The molecule has 1 heterocycles. The average molecular weight is 248 g/mol. The number of carbonyl (C=O) groups is 3. The maximum Gasteiger partial charge on any atom is 0.337 e.